The zero-order valence-electron chi connectivity index (χ0n) is 12.8. The molecular weight excluding hydrogens is 282 g/mol. The highest BCUT2D eigenvalue weighted by atomic mass is 16.3. The van der Waals surface area contributed by atoms with E-state index in [2.05, 4.69) is 9.97 Å². The Bertz CT molecular complexity index is 691. The Morgan fingerprint density at radius 1 is 1.41 bits per heavy atom. The smallest absolute Gasteiger partial charge is 0.161 e. The first kappa shape index (κ1) is 14.8. The van der Waals surface area contributed by atoms with Crippen LogP contribution in [0.4, 0.5) is 17.2 Å². The minimum Gasteiger partial charge on any atom is -0.396 e. The van der Waals surface area contributed by atoms with Crippen molar-refractivity contribution >= 4 is 28.2 Å². The van der Waals surface area contributed by atoms with E-state index in [0.717, 1.165) is 11.1 Å². The summed E-state index contributed by atoms with van der Waals surface area (Å²) in [6.45, 7) is 0.506. The molecular formula is C15H21N5O2. The lowest BCUT2D eigenvalue weighted by molar-refractivity contribution is 0.184. The first-order valence-electron chi connectivity index (χ1n) is 7.28. The van der Waals surface area contributed by atoms with Gasteiger partial charge in [0, 0.05) is 26.0 Å². The molecule has 0 aliphatic carbocycles. The van der Waals surface area contributed by atoms with Crippen LogP contribution in [0.2, 0.25) is 0 Å². The fraction of sp³-hybridized carbons (Fsp3) is 0.467. The Labute approximate surface area is 129 Å². The highest BCUT2D eigenvalue weighted by molar-refractivity contribution is 5.85. The predicted molar refractivity (Wildman–Crippen MR) is 87.1 cm³/mol. The zero-order chi connectivity index (χ0) is 15.9. The van der Waals surface area contributed by atoms with Crippen molar-refractivity contribution in [3.63, 3.8) is 0 Å². The monoisotopic (exact) mass is 303 g/mol. The van der Waals surface area contributed by atoms with E-state index in [1.54, 1.807) is 6.20 Å². The van der Waals surface area contributed by atoms with E-state index in [-0.39, 0.29) is 12.6 Å². The summed E-state index contributed by atoms with van der Waals surface area (Å²) < 4.78 is 0. The molecule has 2 aromatic heterocycles. The van der Waals surface area contributed by atoms with E-state index < -0.39 is 6.10 Å². The van der Waals surface area contributed by atoms with Gasteiger partial charge in [-0.2, -0.15) is 0 Å². The first-order chi connectivity index (χ1) is 10.5. The lowest BCUT2D eigenvalue weighted by Gasteiger charge is -2.25. The second-order valence-electron chi connectivity index (χ2n) is 5.91. The summed E-state index contributed by atoms with van der Waals surface area (Å²) in [6, 6.07) is 3.72. The van der Waals surface area contributed by atoms with Crippen molar-refractivity contribution in [2.75, 3.05) is 42.8 Å². The summed E-state index contributed by atoms with van der Waals surface area (Å²) in [4.78, 5) is 12.7. The van der Waals surface area contributed by atoms with Gasteiger partial charge < -0.3 is 25.7 Å². The molecule has 0 bridgehead atoms. The number of aliphatic hydroxyl groups is 2. The Morgan fingerprint density at radius 3 is 2.86 bits per heavy atom. The van der Waals surface area contributed by atoms with Crippen molar-refractivity contribution in [3.05, 3.63) is 18.3 Å². The number of aromatic nitrogens is 2. The summed E-state index contributed by atoms with van der Waals surface area (Å²) in [6.07, 6.45) is 1.87. The standard InChI is InChI=1S/C15H21N5O2/c1-19(2)15-13(16)4-9-3-10(6-17-14(9)18-15)20-7-12(22)5-11(20)8-21/h3-4,6,11-12,21-22H,5,7-8,16H2,1-2H3. The molecule has 2 aromatic rings. The maximum Gasteiger partial charge on any atom is 0.161 e. The molecule has 0 amide bonds. The molecule has 2 atom stereocenters. The number of aliphatic hydroxyl groups excluding tert-OH is 2. The van der Waals surface area contributed by atoms with Crippen LogP contribution in [0.5, 0.6) is 0 Å². The number of hydrogen-bond donors (Lipinski definition) is 3. The second-order valence-corrected chi connectivity index (χ2v) is 5.91. The fourth-order valence-corrected chi connectivity index (χ4v) is 2.96. The van der Waals surface area contributed by atoms with Crippen molar-refractivity contribution in [2.24, 2.45) is 0 Å². The molecule has 1 aliphatic heterocycles. The Balaban J connectivity index is 2.01. The first-order valence-corrected chi connectivity index (χ1v) is 7.28. The molecule has 0 aromatic carbocycles. The van der Waals surface area contributed by atoms with Crippen LogP contribution in [-0.4, -0.2) is 59.6 Å². The maximum atomic E-state index is 9.81. The summed E-state index contributed by atoms with van der Waals surface area (Å²) in [5.74, 6) is 0.692. The molecule has 3 heterocycles. The average molecular weight is 303 g/mol. The number of nitrogens with two attached hydrogens (primary N) is 1. The number of rotatable bonds is 3. The number of hydrogen-bond acceptors (Lipinski definition) is 7. The topological polar surface area (TPSA) is 98.7 Å². The number of pyridine rings is 2. The van der Waals surface area contributed by atoms with E-state index in [4.69, 9.17) is 5.73 Å². The SMILES string of the molecule is CN(C)c1nc2ncc(N3CC(O)CC3CO)cc2cc1N. The third-order valence-corrected chi connectivity index (χ3v) is 4.02. The van der Waals surface area contributed by atoms with Crippen LogP contribution in [0, 0.1) is 0 Å². The largest absolute Gasteiger partial charge is 0.396 e. The molecule has 0 saturated carbocycles. The van der Waals surface area contributed by atoms with Gasteiger partial charge in [-0.05, 0) is 18.6 Å². The van der Waals surface area contributed by atoms with Crippen LogP contribution in [-0.2, 0) is 0 Å². The van der Waals surface area contributed by atoms with Gasteiger partial charge in [-0.25, -0.2) is 9.97 Å². The molecule has 1 aliphatic rings. The van der Waals surface area contributed by atoms with Crippen molar-refractivity contribution in [1.82, 2.24) is 9.97 Å². The molecule has 1 saturated heterocycles. The van der Waals surface area contributed by atoms with Crippen molar-refractivity contribution in [3.8, 4) is 0 Å². The highest BCUT2D eigenvalue weighted by Crippen LogP contribution is 2.29. The van der Waals surface area contributed by atoms with Crippen molar-refractivity contribution < 1.29 is 10.2 Å². The van der Waals surface area contributed by atoms with Crippen LogP contribution >= 0.6 is 0 Å². The van der Waals surface area contributed by atoms with Crippen LogP contribution in [0.15, 0.2) is 18.3 Å². The summed E-state index contributed by atoms with van der Waals surface area (Å²) in [5.41, 5.74) is 8.12. The molecule has 7 nitrogen and oxygen atoms in total. The molecule has 7 heteroatoms. The summed E-state index contributed by atoms with van der Waals surface area (Å²) >= 11 is 0. The van der Waals surface area contributed by atoms with E-state index in [1.807, 2.05) is 36.0 Å². The highest BCUT2D eigenvalue weighted by Gasteiger charge is 2.30. The zero-order valence-corrected chi connectivity index (χ0v) is 12.8. The van der Waals surface area contributed by atoms with E-state index in [0.29, 0.717) is 30.1 Å². The van der Waals surface area contributed by atoms with Gasteiger partial charge in [-0.15, -0.1) is 0 Å². The van der Waals surface area contributed by atoms with Gasteiger partial charge in [0.25, 0.3) is 0 Å². The van der Waals surface area contributed by atoms with Gasteiger partial charge in [-0.1, -0.05) is 0 Å². The van der Waals surface area contributed by atoms with E-state index >= 15 is 0 Å². The molecule has 3 rings (SSSR count). The van der Waals surface area contributed by atoms with Gasteiger partial charge in [0.1, 0.15) is 0 Å². The number of anilines is 3. The van der Waals surface area contributed by atoms with Crippen LogP contribution in [0.3, 0.4) is 0 Å². The number of nitrogens with zero attached hydrogens (tertiary/aromatic N) is 4. The van der Waals surface area contributed by atoms with Crippen molar-refractivity contribution in [1.29, 1.82) is 0 Å². The van der Waals surface area contributed by atoms with Gasteiger partial charge in [0.2, 0.25) is 0 Å². The number of fused-ring (bicyclic) bond motifs is 1. The lowest BCUT2D eigenvalue weighted by Crippen LogP contribution is -2.32. The van der Waals surface area contributed by atoms with Gasteiger partial charge in [0.15, 0.2) is 11.5 Å². The van der Waals surface area contributed by atoms with E-state index in [9.17, 15) is 10.2 Å². The van der Waals surface area contributed by atoms with Crippen LogP contribution in [0.1, 0.15) is 6.42 Å². The molecule has 0 radical (unpaired) electrons. The quantitative estimate of drug-likeness (QED) is 0.745. The minimum absolute atomic E-state index is 0.00898. The summed E-state index contributed by atoms with van der Waals surface area (Å²) in [5, 5.41) is 20.1. The van der Waals surface area contributed by atoms with E-state index in [1.165, 1.54) is 0 Å². The van der Waals surface area contributed by atoms with Gasteiger partial charge >= 0.3 is 0 Å². The van der Waals surface area contributed by atoms with Gasteiger partial charge in [0.05, 0.1) is 36.3 Å². The maximum absolute atomic E-state index is 9.81. The summed E-state index contributed by atoms with van der Waals surface area (Å²) in [7, 11) is 3.77. The van der Waals surface area contributed by atoms with Gasteiger partial charge in [-0.3, -0.25) is 0 Å². The van der Waals surface area contributed by atoms with Crippen molar-refractivity contribution in [2.45, 2.75) is 18.6 Å². The molecule has 4 N–H and O–H groups in total. The number of nitrogen functional groups attached to an aromatic ring is 1. The normalized spacial score (nSPS) is 21.5. The Morgan fingerprint density at radius 2 is 2.18 bits per heavy atom. The molecule has 22 heavy (non-hydrogen) atoms. The fourth-order valence-electron chi connectivity index (χ4n) is 2.96. The van der Waals surface area contributed by atoms with Crippen LogP contribution in [0.25, 0.3) is 11.0 Å². The third kappa shape index (κ3) is 2.53. The third-order valence-electron chi connectivity index (χ3n) is 4.02. The average Bonchev–Trinajstić information content (AvgIpc) is 2.86. The molecule has 118 valence electrons. The van der Waals surface area contributed by atoms with Crippen LogP contribution < -0.4 is 15.5 Å². The molecule has 1 fully saturated rings. The predicted octanol–water partition coefficient (Wildman–Crippen LogP) is 0.210. The molecule has 0 spiro atoms. The lowest BCUT2D eigenvalue weighted by atomic mass is 10.2. The Kier molecular flexibility index (Phi) is 3.76. The second kappa shape index (κ2) is 5.58. The molecule has 2 unspecified atom stereocenters. The number of β-amino-alcohol motifs (C(OH)–C–C–N with tert-alkyl or cyclic N) is 1. The Hall–Kier alpha value is -2.12. The minimum atomic E-state index is -0.424.